The summed E-state index contributed by atoms with van der Waals surface area (Å²) in [5, 5.41) is 15.7. The largest absolute Gasteiger partial charge is 0.392 e. The number of rotatable bonds is 10. The van der Waals surface area contributed by atoms with Crippen LogP contribution in [-0.4, -0.2) is 30.8 Å². The van der Waals surface area contributed by atoms with Crippen molar-refractivity contribution >= 4 is 29.9 Å². The molecule has 160 valence electrons. The van der Waals surface area contributed by atoms with Gasteiger partial charge in [-0.1, -0.05) is 43.3 Å². The first-order valence-electron chi connectivity index (χ1n) is 9.64. The van der Waals surface area contributed by atoms with Gasteiger partial charge in [-0.3, -0.25) is 0 Å². The Kier molecular flexibility index (Phi) is 12.5. The lowest BCUT2D eigenvalue weighted by molar-refractivity contribution is 0.0931. The molecule has 0 fully saturated rings. The molecule has 29 heavy (non-hydrogen) atoms. The number of aliphatic hydroxyl groups excluding tert-OH is 1. The fourth-order valence-corrected chi connectivity index (χ4v) is 2.64. The molecule has 1 atom stereocenters. The minimum absolute atomic E-state index is 0. The Morgan fingerprint density at radius 2 is 1.90 bits per heavy atom. The van der Waals surface area contributed by atoms with Gasteiger partial charge in [0.05, 0.1) is 26.4 Å². The fraction of sp³-hybridized carbons (Fsp3) is 0.409. The van der Waals surface area contributed by atoms with Gasteiger partial charge in [-0.2, -0.15) is 0 Å². The molecular weight excluding hydrogens is 484 g/mol. The highest BCUT2D eigenvalue weighted by atomic mass is 127. The van der Waals surface area contributed by atoms with E-state index in [9.17, 15) is 9.50 Å². The molecule has 0 aliphatic heterocycles. The van der Waals surface area contributed by atoms with Gasteiger partial charge in [-0.15, -0.1) is 24.0 Å². The van der Waals surface area contributed by atoms with Crippen molar-refractivity contribution in [2.24, 2.45) is 10.9 Å². The number of hydrogen-bond donors (Lipinski definition) is 3. The lowest BCUT2D eigenvalue weighted by atomic mass is 10.1. The zero-order chi connectivity index (χ0) is 20.2. The van der Waals surface area contributed by atoms with E-state index in [1.54, 1.807) is 12.1 Å². The van der Waals surface area contributed by atoms with E-state index in [0.29, 0.717) is 31.6 Å². The second-order valence-corrected chi connectivity index (χ2v) is 6.77. The molecule has 0 spiro atoms. The van der Waals surface area contributed by atoms with Gasteiger partial charge in [0, 0.05) is 18.7 Å². The zero-order valence-electron chi connectivity index (χ0n) is 17.0. The van der Waals surface area contributed by atoms with Gasteiger partial charge in [0.15, 0.2) is 5.96 Å². The lowest BCUT2D eigenvalue weighted by Gasteiger charge is -2.16. The van der Waals surface area contributed by atoms with Crippen molar-refractivity contribution in [2.45, 2.75) is 33.6 Å². The number of aliphatic imine (C=N–C) groups is 1. The summed E-state index contributed by atoms with van der Waals surface area (Å²) in [4.78, 5) is 4.54. The van der Waals surface area contributed by atoms with Crippen LogP contribution in [0.1, 0.15) is 30.5 Å². The third kappa shape index (κ3) is 9.56. The predicted molar refractivity (Wildman–Crippen MR) is 126 cm³/mol. The van der Waals surface area contributed by atoms with E-state index >= 15 is 0 Å². The van der Waals surface area contributed by atoms with E-state index in [1.807, 2.05) is 25.1 Å². The number of benzene rings is 2. The first-order chi connectivity index (χ1) is 13.6. The first kappa shape index (κ1) is 25.3. The van der Waals surface area contributed by atoms with Gasteiger partial charge in [0.25, 0.3) is 0 Å². The third-order valence-corrected chi connectivity index (χ3v) is 4.18. The van der Waals surface area contributed by atoms with Crippen molar-refractivity contribution in [3.63, 3.8) is 0 Å². The van der Waals surface area contributed by atoms with Crippen molar-refractivity contribution in [2.75, 3.05) is 19.7 Å². The molecule has 5 nitrogen and oxygen atoms in total. The number of hydrogen-bond acceptors (Lipinski definition) is 3. The van der Waals surface area contributed by atoms with E-state index in [-0.39, 0.29) is 36.1 Å². The lowest BCUT2D eigenvalue weighted by Crippen LogP contribution is -2.40. The SMILES string of the molecule is CCNC(=NCc1ccc(F)c(CO)c1)NCC(C)COCc1ccccc1.I. The molecule has 0 bridgehead atoms. The Balaban J connectivity index is 0.00000420. The second-order valence-electron chi connectivity index (χ2n) is 6.77. The van der Waals surface area contributed by atoms with E-state index in [2.05, 4.69) is 34.7 Å². The smallest absolute Gasteiger partial charge is 0.191 e. The van der Waals surface area contributed by atoms with Crippen molar-refractivity contribution in [1.82, 2.24) is 10.6 Å². The Hall–Kier alpha value is -1.71. The van der Waals surface area contributed by atoms with Crippen LogP contribution in [0.25, 0.3) is 0 Å². The van der Waals surface area contributed by atoms with Crippen LogP contribution >= 0.6 is 24.0 Å². The van der Waals surface area contributed by atoms with Crippen molar-refractivity contribution in [1.29, 1.82) is 0 Å². The van der Waals surface area contributed by atoms with Crippen LogP contribution in [0.2, 0.25) is 0 Å². The molecule has 0 heterocycles. The van der Waals surface area contributed by atoms with E-state index < -0.39 is 5.82 Å². The number of guanidine groups is 1. The molecule has 0 aromatic heterocycles. The average molecular weight is 515 g/mol. The van der Waals surface area contributed by atoms with Gasteiger partial charge < -0.3 is 20.5 Å². The number of ether oxygens (including phenoxy) is 1. The van der Waals surface area contributed by atoms with E-state index in [4.69, 9.17) is 4.74 Å². The molecule has 0 amide bonds. The summed E-state index contributed by atoms with van der Waals surface area (Å²) in [6.45, 7) is 6.95. The summed E-state index contributed by atoms with van der Waals surface area (Å²) in [5.74, 6) is 0.622. The van der Waals surface area contributed by atoms with Crippen LogP contribution < -0.4 is 10.6 Å². The summed E-state index contributed by atoms with van der Waals surface area (Å²) < 4.78 is 19.3. The highest BCUT2D eigenvalue weighted by molar-refractivity contribution is 14.0. The fourth-order valence-electron chi connectivity index (χ4n) is 2.64. The minimum atomic E-state index is -0.399. The molecule has 2 aromatic carbocycles. The van der Waals surface area contributed by atoms with E-state index in [1.165, 1.54) is 11.6 Å². The Morgan fingerprint density at radius 3 is 2.59 bits per heavy atom. The summed E-state index contributed by atoms with van der Waals surface area (Å²) >= 11 is 0. The maximum Gasteiger partial charge on any atom is 0.191 e. The highest BCUT2D eigenvalue weighted by Gasteiger charge is 2.06. The molecule has 0 aliphatic rings. The molecule has 7 heteroatoms. The molecule has 0 saturated heterocycles. The van der Waals surface area contributed by atoms with Gasteiger partial charge in [0.2, 0.25) is 0 Å². The average Bonchev–Trinajstić information content (AvgIpc) is 2.72. The molecule has 0 saturated carbocycles. The maximum absolute atomic E-state index is 13.5. The summed E-state index contributed by atoms with van der Waals surface area (Å²) in [7, 11) is 0. The third-order valence-electron chi connectivity index (χ3n) is 4.18. The normalized spacial score (nSPS) is 12.2. The molecule has 3 N–H and O–H groups in total. The Labute approximate surface area is 189 Å². The van der Waals surface area contributed by atoms with Gasteiger partial charge in [-0.05, 0) is 36.1 Å². The summed E-state index contributed by atoms with van der Waals surface area (Å²) in [6.07, 6.45) is 0. The molecule has 0 radical (unpaired) electrons. The molecule has 2 aromatic rings. The molecule has 0 aliphatic carbocycles. The van der Waals surface area contributed by atoms with Crippen molar-refractivity contribution in [3.8, 4) is 0 Å². The topological polar surface area (TPSA) is 65.9 Å². The number of nitrogens with one attached hydrogen (secondary N) is 2. The van der Waals surface area contributed by atoms with Gasteiger partial charge in [-0.25, -0.2) is 9.38 Å². The number of nitrogens with zero attached hydrogens (tertiary/aromatic N) is 1. The van der Waals surface area contributed by atoms with Gasteiger partial charge in [0.1, 0.15) is 5.82 Å². The summed E-state index contributed by atoms with van der Waals surface area (Å²) in [5.41, 5.74) is 2.30. The monoisotopic (exact) mass is 515 g/mol. The predicted octanol–water partition coefficient (Wildman–Crippen LogP) is 3.84. The van der Waals surface area contributed by atoms with Crippen LogP contribution in [0.15, 0.2) is 53.5 Å². The molecule has 1 unspecified atom stereocenters. The van der Waals surface area contributed by atoms with Crippen LogP contribution in [0.3, 0.4) is 0 Å². The maximum atomic E-state index is 13.5. The van der Waals surface area contributed by atoms with E-state index in [0.717, 1.165) is 18.7 Å². The quantitative estimate of drug-likeness (QED) is 0.256. The summed E-state index contributed by atoms with van der Waals surface area (Å²) in [6, 6.07) is 14.8. The standard InChI is InChI=1S/C22H30FN3O2.HI/c1-3-24-22(26-13-19-9-10-21(23)20(11-19)14-27)25-12-17(2)15-28-16-18-7-5-4-6-8-18;/h4-11,17,27H,3,12-16H2,1-2H3,(H2,24,25,26);1H. The molecule has 2 rings (SSSR count). The zero-order valence-corrected chi connectivity index (χ0v) is 19.4. The van der Waals surface area contributed by atoms with Crippen molar-refractivity contribution < 1.29 is 14.2 Å². The minimum Gasteiger partial charge on any atom is -0.392 e. The second kappa shape index (κ2) is 14.3. The first-order valence-corrected chi connectivity index (χ1v) is 9.64. The Morgan fingerprint density at radius 1 is 1.14 bits per heavy atom. The van der Waals surface area contributed by atoms with Crippen molar-refractivity contribution in [3.05, 3.63) is 71.0 Å². The molecular formula is C22H31FIN3O2. The van der Waals surface area contributed by atoms with Crippen LogP contribution in [0, 0.1) is 11.7 Å². The van der Waals surface area contributed by atoms with Gasteiger partial charge >= 0.3 is 0 Å². The van der Waals surface area contributed by atoms with Crippen LogP contribution in [0.5, 0.6) is 0 Å². The number of halogens is 2. The Bertz CT molecular complexity index is 744. The number of aliphatic hydroxyl groups is 1. The highest BCUT2D eigenvalue weighted by Crippen LogP contribution is 2.11. The van der Waals surface area contributed by atoms with Crippen LogP contribution in [-0.2, 0) is 24.5 Å². The van der Waals surface area contributed by atoms with Crippen LogP contribution in [0.4, 0.5) is 4.39 Å².